The Labute approximate surface area is 94.4 Å². The van der Waals surface area contributed by atoms with Gasteiger partial charge in [0.25, 0.3) is 0 Å². The van der Waals surface area contributed by atoms with Crippen LogP contribution in [-0.2, 0) is 4.74 Å². The summed E-state index contributed by atoms with van der Waals surface area (Å²) >= 11 is 0. The zero-order valence-electron chi connectivity index (χ0n) is 9.18. The van der Waals surface area contributed by atoms with Gasteiger partial charge < -0.3 is 10.1 Å². The molecule has 0 aliphatic carbocycles. The number of ether oxygens (including phenoxy) is 1. The summed E-state index contributed by atoms with van der Waals surface area (Å²) in [5, 5.41) is 19.8. The van der Waals surface area contributed by atoms with Gasteiger partial charge in [0.15, 0.2) is 5.82 Å². The Hall–Kier alpha value is -1.67. The van der Waals surface area contributed by atoms with Gasteiger partial charge in [-0.1, -0.05) is 0 Å². The van der Waals surface area contributed by atoms with E-state index in [0.29, 0.717) is 11.4 Å². The summed E-state index contributed by atoms with van der Waals surface area (Å²) < 4.78 is 5.57. The number of nitriles is 1. The summed E-state index contributed by atoms with van der Waals surface area (Å²) in [7, 11) is 0. The van der Waals surface area contributed by atoms with Crippen LogP contribution in [0.5, 0.6) is 0 Å². The number of nitrogens with zero attached hydrogens (tertiary/aromatic N) is 3. The van der Waals surface area contributed by atoms with Crippen LogP contribution >= 0.6 is 0 Å². The molecule has 0 amide bonds. The quantitative estimate of drug-likeness (QED) is 0.828. The molecule has 0 radical (unpaired) electrons. The maximum Gasteiger partial charge on any atom is 0.166 e. The summed E-state index contributed by atoms with van der Waals surface area (Å²) in [4.78, 5) is 0. The highest BCUT2D eigenvalue weighted by atomic mass is 16.5. The van der Waals surface area contributed by atoms with Gasteiger partial charge >= 0.3 is 0 Å². The topological polar surface area (TPSA) is 70.8 Å². The number of rotatable bonds is 3. The van der Waals surface area contributed by atoms with Crippen LogP contribution in [0.25, 0.3) is 0 Å². The van der Waals surface area contributed by atoms with Gasteiger partial charge in [0, 0.05) is 6.61 Å². The fraction of sp³-hybridized carbons (Fsp3) is 0.545. The molecule has 2 unspecified atom stereocenters. The first-order chi connectivity index (χ1) is 7.81. The molecular formula is C11H14N4O. The average molecular weight is 218 g/mol. The van der Waals surface area contributed by atoms with E-state index >= 15 is 0 Å². The van der Waals surface area contributed by atoms with Gasteiger partial charge in [0.2, 0.25) is 0 Å². The molecule has 1 aromatic rings. The molecule has 1 aromatic heterocycles. The third kappa shape index (κ3) is 2.28. The van der Waals surface area contributed by atoms with E-state index in [-0.39, 0.29) is 12.1 Å². The molecule has 0 bridgehead atoms. The predicted octanol–water partition coefficient (Wildman–Crippen LogP) is 1.33. The lowest BCUT2D eigenvalue weighted by Gasteiger charge is -2.20. The molecule has 0 spiro atoms. The standard InChI is InChI=1S/C11H14N4O/c1-8(10-3-2-6-16-10)14-11-9(7-12)4-5-13-15-11/h4-5,8,10H,2-3,6H2,1H3,(H,14,15). The maximum absolute atomic E-state index is 8.91. The predicted molar refractivity (Wildman–Crippen MR) is 58.8 cm³/mol. The zero-order valence-corrected chi connectivity index (χ0v) is 9.18. The largest absolute Gasteiger partial charge is 0.376 e. The molecule has 84 valence electrons. The van der Waals surface area contributed by atoms with E-state index in [1.807, 2.05) is 6.92 Å². The van der Waals surface area contributed by atoms with Crippen molar-refractivity contribution in [3.63, 3.8) is 0 Å². The van der Waals surface area contributed by atoms with E-state index in [1.54, 1.807) is 6.07 Å². The Balaban J connectivity index is 2.05. The van der Waals surface area contributed by atoms with Crippen LogP contribution in [0, 0.1) is 11.3 Å². The second kappa shape index (κ2) is 4.90. The molecule has 2 rings (SSSR count). The van der Waals surface area contributed by atoms with Crippen molar-refractivity contribution in [1.82, 2.24) is 10.2 Å². The Bertz CT molecular complexity index is 395. The summed E-state index contributed by atoms with van der Waals surface area (Å²) in [6.45, 7) is 2.86. The summed E-state index contributed by atoms with van der Waals surface area (Å²) in [5.74, 6) is 0.535. The van der Waals surface area contributed by atoms with Crippen molar-refractivity contribution in [2.24, 2.45) is 0 Å². The van der Waals surface area contributed by atoms with Crippen molar-refractivity contribution in [1.29, 1.82) is 5.26 Å². The SMILES string of the molecule is CC(Nc1nnccc1C#N)C1CCCO1. The Kier molecular flexibility index (Phi) is 3.32. The van der Waals surface area contributed by atoms with Crippen LogP contribution in [-0.4, -0.2) is 29.0 Å². The molecule has 1 aliphatic rings. The van der Waals surface area contributed by atoms with Crippen molar-refractivity contribution in [2.75, 3.05) is 11.9 Å². The highest BCUT2D eigenvalue weighted by molar-refractivity contribution is 5.50. The molecule has 1 saturated heterocycles. The van der Waals surface area contributed by atoms with E-state index < -0.39 is 0 Å². The van der Waals surface area contributed by atoms with Crippen molar-refractivity contribution < 1.29 is 4.74 Å². The van der Waals surface area contributed by atoms with Gasteiger partial charge in [0.05, 0.1) is 23.9 Å². The molecule has 0 aromatic carbocycles. The fourth-order valence-corrected chi connectivity index (χ4v) is 1.83. The van der Waals surface area contributed by atoms with Crippen LogP contribution in [0.2, 0.25) is 0 Å². The third-order valence-electron chi connectivity index (χ3n) is 2.73. The Morgan fingerprint density at radius 3 is 3.25 bits per heavy atom. The van der Waals surface area contributed by atoms with Gasteiger partial charge in [-0.25, -0.2) is 0 Å². The molecule has 2 heterocycles. The van der Waals surface area contributed by atoms with Gasteiger partial charge in [0.1, 0.15) is 6.07 Å². The van der Waals surface area contributed by atoms with E-state index in [4.69, 9.17) is 10.00 Å². The number of aromatic nitrogens is 2. The molecule has 1 fully saturated rings. The van der Waals surface area contributed by atoms with Crippen LogP contribution in [0.1, 0.15) is 25.3 Å². The second-order valence-corrected chi connectivity index (χ2v) is 3.89. The lowest BCUT2D eigenvalue weighted by atomic mass is 10.1. The fourth-order valence-electron chi connectivity index (χ4n) is 1.83. The molecule has 1 N–H and O–H groups in total. The van der Waals surface area contributed by atoms with Crippen molar-refractivity contribution >= 4 is 5.82 Å². The molecule has 16 heavy (non-hydrogen) atoms. The van der Waals surface area contributed by atoms with Crippen LogP contribution in [0.3, 0.4) is 0 Å². The molecule has 1 aliphatic heterocycles. The van der Waals surface area contributed by atoms with E-state index in [2.05, 4.69) is 21.6 Å². The number of anilines is 1. The first-order valence-electron chi connectivity index (χ1n) is 5.41. The van der Waals surface area contributed by atoms with Gasteiger partial charge in [-0.15, -0.1) is 5.10 Å². The smallest absolute Gasteiger partial charge is 0.166 e. The lowest BCUT2D eigenvalue weighted by Crippen LogP contribution is -2.30. The number of hydrogen-bond acceptors (Lipinski definition) is 5. The first-order valence-corrected chi connectivity index (χ1v) is 5.41. The normalized spacial score (nSPS) is 21.4. The summed E-state index contributed by atoms with van der Waals surface area (Å²) in [6.07, 6.45) is 3.87. The van der Waals surface area contributed by atoms with E-state index in [0.717, 1.165) is 19.4 Å². The van der Waals surface area contributed by atoms with Gasteiger partial charge in [-0.05, 0) is 25.8 Å². The van der Waals surface area contributed by atoms with Crippen LogP contribution in [0.15, 0.2) is 12.3 Å². The Morgan fingerprint density at radius 2 is 2.56 bits per heavy atom. The van der Waals surface area contributed by atoms with Crippen LogP contribution in [0.4, 0.5) is 5.82 Å². The van der Waals surface area contributed by atoms with Crippen molar-refractivity contribution in [3.8, 4) is 6.07 Å². The number of hydrogen-bond donors (Lipinski definition) is 1. The molecule has 2 atom stereocenters. The average Bonchev–Trinajstić information content (AvgIpc) is 2.83. The minimum atomic E-state index is 0.145. The van der Waals surface area contributed by atoms with Gasteiger partial charge in [-0.3, -0.25) is 0 Å². The Morgan fingerprint density at radius 1 is 1.69 bits per heavy atom. The molecular weight excluding hydrogens is 204 g/mol. The molecule has 0 saturated carbocycles. The van der Waals surface area contributed by atoms with Crippen molar-refractivity contribution in [2.45, 2.75) is 31.9 Å². The minimum absolute atomic E-state index is 0.145. The lowest BCUT2D eigenvalue weighted by molar-refractivity contribution is 0.0995. The monoisotopic (exact) mass is 218 g/mol. The number of nitrogens with one attached hydrogen (secondary N) is 1. The molecule has 5 nitrogen and oxygen atoms in total. The second-order valence-electron chi connectivity index (χ2n) is 3.89. The highest BCUT2D eigenvalue weighted by Crippen LogP contribution is 2.19. The maximum atomic E-state index is 8.91. The summed E-state index contributed by atoms with van der Waals surface area (Å²) in [5.41, 5.74) is 0.514. The van der Waals surface area contributed by atoms with Crippen molar-refractivity contribution in [3.05, 3.63) is 17.8 Å². The highest BCUT2D eigenvalue weighted by Gasteiger charge is 2.23. The minimum Gasteiger partial charge on any atom is -0.376 e. The van der Waals surface area contributed by atoms with E-state index in [1.165, 1.54) is 6.20 Å². The van der Waals surface area contributed by atoms with E-state index in [9.17, 15) is 0 Å². The van der Waals surface area contributed by atoms with Crippen LogP contribution < -0.4 is 5.32 Å². The first kappa shape index (κ1) is 10.8. The van der Waals surface area contributed by atoms with Gasteiger partial charge in [-0.2, -0.15) is 10.4 Å². The third-order valence-corrected chi connectivity index (χ3v) is 2.73. The summed E-state index contributed by atoms with van der Waals surface area (Å²) in [6, 6.07) is 3.88. The zero-order chi connectivity index (χ0) is 11.4. The molecule has 5 heteroatoms.